The number of ether oxygens (including phenoxy) is 1. The Morgan fingerprint density at radius 2 is 1.87 bits per heavy atom. The zero-order valence-corrected chi connectivity index (χ0v) is 14.3. The molecule has 6 heteroatoms. The summed E-state index contributed by atoms with van der Waals surface area (Å²) >= 11 is 6.32. The highest BCUT2D eigenvalue weighted by Gasteiger charge is 2.25. The molecule has 23 heavy (non-hydrogen) atoms. The van der Waals surface area contributed by atoms with E-state index in [-0.39, 0.29) is 6.09 Å². The molecule has 2 saturated heterocycles. The first kappa shape index (κ1) is 16.6. The van der Waals surface area contributed by atoms with E-state index in [9.17, 15) is 4.79 Å². The summed E-state index contributed by atoms with van der Waals surface area (Å²) in [6, 6.07) is 8.42. The first-order valence-electron chi connectivity index (χ1n) is 8.27. The molecule has 1 atom stereocenters. The Bertz CT molecular complexity index is 546. The third kappa shape index (κ3) is 3.97. The van der Waals surface area contributed by atoms with Gasteiger partial charge in [-0.05, 0) is 18.6 Å². The number of rotatable bonds is 5. The van der Waals surface area contributed by atoms with Gasteiger partial charge in [-0.3, -0.25) is 9.80 Å². The Balaban J connectivity index is 1.46. The molecule has 1 amide bonds. The molecule has 1 aromatic carbocycles. The van der Waals surface area contributed by atoms with Crippen LogP contribution in [0.3, 0.4) is 0 Å². The first-order valence-corrected chi connectivity index (χ1v) is 8.65. The lowest BCUT2D eigenvalue weighted by Crippen LogP contribution is -2.49. The molecule has 1 unspecified atom stereocenters. The maximum Gasteiger partial charge on any atom is 0.409 e. The molecule has 0 radical (unpaired) electrons. The molecule has 2 aliphatic heterocycles. The van der Waals surface area contributed by atoms with E-state index in [1.165, 1.54) is 5.56 Å². The molecule has 2 heterocycles. The molecule has 2 fully saturated rings. The van der Waals surface area contributed by atoms with E-state index in [1.54, 1.807) is 4.90 Å². The molecule has 3 rings (SSSR count). The molecule has 0 aromatic heterocycles. The van der Waals surface area contributed by atoms with E-state index >= 15 is 0 Å². The molecule has 0 aliphatic carbocycles. The van der Waals surface area contributed by atoms with E-state index in [0.29, 0.717) is 12.6 Å². The van der Waals surface area contributed by atoms with E-state index in [1.807, 2.05) is 18.2 Å². The van der Waals surface area contributed by atoms with Gasteiger partial charge < -0.3 is 9.64 Å². The van der Waals surface area contributed by atoms with Gasteiger partial charge in [0, 0.05) is 50.3 Å². The summed E-state index contributed by atoms with van der Waals surface area (Å²) in [7, 11) is 0. The smallest absolute Gasteiger partial charge is 0.409 e. The Kier molecular flexibility index (Phi) is 5.41. The van der Waals surface area contributed by atoms with Crippen molar-refractivity contribution in [3.8, 4) is 0 Å². The molecule has 0 bridgehead atoms. The van der Waals surface area contributed by atoms with Crippen LogP contribution in [-0.4, -0.2) is 73.2 Å². The maximum absolute atomic E-state index is 11.4. The van der Waals surface area contributed by atoms with Crippen LogP contribution >= 0.6 is 11.6 Å². The van der Waals surface area contributed by atoms with Gasteiger partial charge in [0.05, 0.1) is 6.54 Å². The van der Waals surface area contributed by atoms with Gasteiger partial charge in [-0.15, -0.1) is 0 Å². The summed E-state index contributed by atoms with van der Waals surface area (Å²) in [4.78, 5) is 18.1. The van der Waals surface area contributed by atoms with Gasteiger partial charge in [0.2, 0.25) is 0 Å². The topological polar surface area (TPSA) is 36.0 Å². The van der Waals surface area contributed by atoms with Crippen molar-refractivity contribution in [1.82, 2.24) is 14.7 Å². The monoisotopic (exact) mass is 337 g/mol. The van der Waals surface area contributed by atoms with Crippen LogP contribution in [0.4, 0.5) is 4.79 Å². The number of halogens is 1. The van der Waals surface area contributed by atoms with Crippen LogP contribution in [-0.2, 0) is 4.74 Å². The van der Waals surface area contributed by atoms with Crippen molar-refractivity contribution in [3.63, 3.8) is 0 Å². The van der Waals surface area contributed by atoms with Gasteiger partial charge in [-0.2, -0.15) is 0 Å². The van der Waals surface area contributed by atoms with Crippen molar-refractivity contribution in [2.75, 3.05) is 52.4 Å². The van der Waals surface area contributed by atoms with Gasteiger partial charge in [0.15, 0.2) is 0 Å². The number of piperazine rings is 1. The second-order valence-corrected chi connectivity index (χ2v) is 6.58. The number of nitrogens with zero attached hydrogens (tertiary/aromatic N) is 3. The summed E-state index contributed by atoms with van der Waals surface area (Å²) in [5, 5.41) is 0.843. The highest BCUT2D eigenvalue weighted by Crippen LogP contribution is 2.27. The molecule has 2 aliphatic rings. The van der Waals surface area contributed by atoms with E-state index in [4.69, 9.17) is 16.3 Å². The van der Waals surface area contributed by atoms with E-state index < -0.39 is 0 Å². The molecule has 0 N–H and O–H groups in total. The van der Waals surface area contributed by atoms with Crippen LogP contribution in [0.25, 0.3) is 0 Å². The standard InChI is InChI=1S/C17H24ClN3O2/c1-14(15-4-2-3-5-16(15)18)20-9-6-19(7-10-20)8-11-21-12-13-23-17(21)22/h2-5,14H,6-13H2,1H3. The second kappa shape index (κ2) is 7.51. The minimum atomic E-state index is -0.170. The van der Waals surface area contributed by atoms with Crippen molar-refractivity contribution in [2.45, 2.75) is 13.0 Å². The Labute approximate surface area is 142 Å². The number of hydrogen-bond donors (Lipinski definition) is 0. The van der Waals surface area contributed by atoms with Crippen LogP contribution in [0.2, 0.25) is 5.02 Å². The van der Waals surface area contributed by atoms with Gasteiger partial charge >= 0.3 is 6.09 Å². The minimum Gasteiger partial charge on any atom is -0.448 e. The lowest BCUT2D eigenvalue weighted by molar-refractivity contribution is 0.0958. The highest BCUT2D eigenvalue weighted by atomic mass is 35.5. The second-order valence-electron chi connectivity index (χ2n) is 6.18. The zero-order chi connectivity index (χ0) is 16.2. The molecule has 0 saturated carbocycles. The fraction of sp³-hybridized carbons (Fsp3) is 0.588. The van der Waals surface area contributed by atoms with Gasteiger partial charge in [-0.25, -0.2) is 4.79 Å². The van der Waals surface area contributed by atoms with Crippen molar-refractivity contribution >= 4 is 17.7 Å². The fourth-order valence-electron chi connectivity index (χ4n) is 3.28. The van der Waals surface area contributed by atoms with Gasteiger partial charge in [0.25, 0.3) is 0 Å². The Morgan fingerprint density at radius 1 is 1.13 bits per heavy atom. The van der Waals surface area contributed by atoms with Crippen molar-refractivity contribution < 1.29 is 9.53 Å². The van der Waals surface area contributed by atoms with Crippen molar-refractivity contribution in [2.24, 2.45) is 0 Å². The molecular weight excluding hydrogens is 314 g/mol. The summed E-state index contributed by atoms with van der Waals surface area (Å²) in [6.07, 6.45) is -0.170. The maximum atomic E-state index is 11.4. The number of carbonyl (C=O) groups is 1. The van der Waals surface area contributed by atoms with E-state index in [2.05, 4.69) is 22.8 Å². The fourth-order valence-corrected chi connectivity index (χ4v) is 3.57. The summed E-state index contributed by atoms with van der Waals surface area (Å²) in [5.74, 6) is 0. The van der Waals surface area contributed by atoms with Crippen molar-refractivity contribution in [1.29, 1.82) is 0 Å². The van der Waals surface area contributed by atoms with Crippen molar-refractivity contribution in [3.05, 3.63) is 34.9 Å². The van der Waals surface area contributed by atoms with Crippen LogP contribution in [0.1, 0.15) is 18.5 Å². The van der Waals surface area contributed by atoms with Crippen LogP contribution < -0.4 is 0 Å². The predicted molar refractivity (Wildman–Crippen MR) is 90.8 cm³/mol. The molecule has 0 spiro atoms. The van der Waals surface area contributed by atoms with Gasteiger partial charge in [0.1, 0.15) is 6.61 Å². The largest absolute Gasteiger partial charge is 0.448 e. The normalized spacial score (nSPS) is 21.5. The minimum absolute atomic E-state index is 0.170. The molecule has 5 nitrogen and oxygen atoms in total. The van der Waals surface area contributed by atoms with Crippen LogP contribution in [0, 0.1) is 0 Å². The number of carbonyl (C=O) groups excluding carboxylic acids is 1. The highest BCUT2D eigenvalue weighted by molar-refractivity contribution is 6.31. The third-order valence-corrected chi connectivity index (χ3v) is 5.19. The summed E-state index contributed by atoms with van der Waals surface area (Å²) in [5.41, 5.74) is 1.20. The van der Waals surface area contributed by atoms with E-state index in [0.717, 1.165) is 50.8 Å². The summed E-state index contributed by atoms with van der Waals surface area (Å²) in [6.45, 7) is 9.26. The molecular formula is C17H24ClN3O2. The average Bonchev–Trinajstić information content (AvgIpc) is 2.98. The first-order chi connectivity index (χ1) is 11.1. The number of hydrogen-bond acceptors (Lipinski definition) is 4. The third-order valence-electron chi connectivity index (χ3n) is 4.84. The average molecular weight is 338 g/mol. The Morgan fingerprint density at radius 3 is 2.52 bits per heavy atom. The molecule has 1 aromatic rings. The quantitative estimate of drug-likeness (QED) is 0.827. The zero-order valence-electron chi connectivity index (χ0n) is 13.6. The summed E-state index contributed by atoms with van der Waals surface area (Å²) < 4.78 is 4.96. The lowest BCUT2D eigenvalue weighted by atomic mass is 10.1. The lowest BCUT2D eigenvalue weighted by Gasteiger charge is -2.38. The molecule has 126 valence electrons. The predicted octanol–water partition coefficient (Wildman–Crippen LogP) is 2.47. The van der Waals surface area contributed by atoms with Crippen LogP contribution in [0.15, 0.2) is 24.3 Å². The van der Waals surface area contributed by atoms with Crippen LogP contribution in [0.5, 0.6) is 0 Å². The number of cyclic esters (lactones) is 1. The Hall–Kier alpha value is -1.30. The number of amides is 1. The van der Waals surface area contributed by atoms with Gasteiger partial charge in [-0.1, -0.05) is 29.8 Å². The SMILES string of the molecule is CC(c1ccccc1Cl)N1CCN(CCN2CCOC2=O)CC1. The number of benzene rings is 1.